The van der Waals surface area contributed by atoms with Crippen LogP contribution in [0, 0.1) is 5.41 Å². The number of likely N-dealkylation sites (N-methyl/N-ethyl adjacent to an activating group) is 1. The van der Waals surface area contributed by atoms with Crippen molar-refractivity contribution in [2.45, 2.75) is 60.0 Å². The maximum atomic E-state index is 6.21. The lowest BCUT2D eigenvalue weighted by Gasteiger charge is -2.42. The van der Waals surface area contributed by atoms with Gasteiger partial charge >= 0.3 is 0 Å². The molecular weight excluding hydrogens is 172 g/mol. The van der Waals surface area contributed by atoms with Crippen molar-refractivity contribution < 1.29 is 0 Å². The predicted octanol–water partition coefficient (Wildman–Crippen LogP) is 2.48. The van der Waals surface area contributed by atoms with Crippen LogP contribution >= 0.6 is 0 Å². The van der Waals surface area contributed by atoms with Gasteiger partial charge in [0, 0.05) is 12.1 Å². The highest BCUT2D eigenvalue weighted by Gasteiger charge is 2.32. The summed E-state index contributed by atoms with van der Waals surface area (Å²) in [4.78, 5) is 2.48. The lowest BCUT2D eigenvalue weighted by atomic mass is 9.80. The van der Waals surface area contributed by atoms with Gasteiger partial charge in [-0.05, 0) is 24.9 Å². The minimum atomic E-state index is 0.265. The van der Waals surface area contributed by atoms with Crippen LogP contribution in [-0.4, -0.2) is 30.1 Å². The lowest BCUT2D eigenvalue weighted by Crippen LogP contribution is -2.54. The Bertz CT molecular complexity index is 145. The van der Waals surface area contributed by atoms with Crippen molar-refractivity contribution in [1.29, 1.82) is 0 Å². The summed E-state index contributed by atoms with van der Waals surface area (Å²) in [6, 6.07) is 0.775. The van der Waals surface area contributed by atoms with E-state index in [0.29, 0.717) is 6.04 Å². The van der Waals surface area contributed by atoms with Gasteiger partial charge in [-0.15, -0.1) is 0 Å². The van der Waals surface area contributed by atoms with Crippen molar-refractivity contribution in [2.75, 3.05) is 13.1 Å². The second kappa shape index (κ2) is 5.72. The Morgan fingerprint density at radius 3 is 1.71 bits per heavy atom. The van der Waals surface area contributed by atoms with E-state index in [1.807, 2.05) is 0 Å². The highest BCUT2D eigenvalue weighted by atomic mass is 15.2. The van der Waals surface area contributed by atoms with Crippen molar-refractivity contribution >= 4 is 0 Å². The summed E-state index contributed by atoms with van der Waals surface area (Å²) in [6.45, 7) is 15.6. The first kappa shape index (κ1) is 13.9. The molecule has 0 aliphatic rings. The quantitative estimate of drug-likeness (QED) is 0.739. The van der Waals surface area contributed by atoms with Gasteiger partial charge in [0.05, 0.1) is 0 Å². The van der Waals surface area contributed by atoms with E-state index in [-0.39, 0.29) is 11.5 Å². The van der Waals surface area contributed by atoms with Crippen LogP contribution < -0.4 is 5.73 Å². The molecule has 2 atom stereocenters. The standard InChI is InChI=1S/C12H28N2/c1-7-10(13)11(12(4,5)6)14(8-2)9-3/h10-11H,7-9,13H2,1-6H3. The molecule has 0 saturated heterocycles. The fourth-order valence-electron chi connectivity index (χ4n) is 2.30. The topological polar surface area (TPSA) is 29.3 Å². The van der Waals surface area contributed by atoms with Crippen LogP contribution in [-0.2, 0) is 0 Å². The number of hydrogen-bond acceptors (Lipinski definition) is 2. The molecule has 2 heteroatoms. The number of rotatable bonds is 5. The van der Waals surface area contributed by atoms with Crippen molar-refractivity contribution in [3.05, 3.63) is 0 Å². The Balaban J connectivity index is 4.70. The zero-order valence-electron chi connectivity index (χ0n) is 10.8. The van der Waals surface area contributed by atoms with Crippen LogP contribution in [0.2, 0.25) is 0 Å². The van der Waals surface area contributed by atoms with Crippen LogP contribution in [0.25, 0.3) is 0 Å². The first-order valence-electron chi connectivity index (χ1n) is 5.88. The Hall–Kier alpha value is -0.0800. The van der Waals surface area contributed by atoms with E-state index in [9.17, 15) is 0 Å². The molecule has 0 fully saturated rings. The smallest absolute Gasteiger partial charge is 0.0295 e. The number of hydrogen-bond donors (Lipinski definition) is 1. The molecule has 0 heterocycles. The normalized spacial score (nSPS) is 17.1. The van der Waals surface area contributed by atoms with Gasteiger partial charge in [-0.3, -0.25) is 4.90 Å². The van der Waals surface area contributed by atoms with Crippen molar-refractivity contribution in [3.8, 4) is 0 Å². The Kier molecular flexibility index (Phi) is 5.68. The molecule has 0 aliphatic carbocycles. The van der Waals surface area contributed by atoms with E-state index >= 15 is 0 Å². The van der Waals surface area contributed by atoms with E-state index < -0.39 is 0 Å². The van der Waals surface area contributed by atoms with Gasteiger partial charge in [0.1, 0.15) is 0 Å². The van der Waals surface area contributed by atoms with Crippen LogP contribution in [0.3, 0.4) is 0 Å². The summed E-state index contributed by atoms with van der Waals surface area (Å²) in [5.74, 6) is 0. The number of nitrogens with zero attached hydrogens (tertiary/aromatic N) is 1. The van der Waals surface area contributed by atoms with Crippen molar-refractivity contribution in [1.82, 2.24) is 4.90 Å². The third-order valence-corrected chi connectivity index (χ3v) is 2.97. The fraction of sp³-hybridized carbons (Fsp3) is 1.00. The molecule has 0 saturated carbocycles. The summed E-state index contributed by atoms with van der Waals surface area (Å²) >= 11 is 0. The molecule has 2 unspecified atom stereocenters. The van der Waals surface area contributed by atoms with Gasteiger partial charge in [0.25, 0.3) is 0 Å². The molecule has 0 aromatic rings. The average molecular weight is 200 g/mol. The molecule has 0 rings (SSSR count). The molecule has 86 valence electrons. The van der Waals surface area contributed by atoms with Gasteiger partial charge in [0.2, 0.25) is 0 Å². The molecule has 0 aromatic carbocycles. The third kappa shape index (κ3) is 3.58. The van der Waals surface area contributed by atoms with Crippen LogP contribution in [0.15, 0.2) is 0 Å². The largest absolute Gasteiger partial charge is 0.326 e. The highest BCUT2D eigenvalue weighted by molar-refractivity contribution is 4.89. The van der Waals surface area contributed by atoms with Crippen LogP contribution in [0.1, 0.15) is 48.0 Å². The molecule has 2 N–H and O–H groups in total. The van der Waals surface area contributed by atoms with E-state index in [1.165, 1.54) is 0 Å². The minimum Gasteiger partial charge on any atom is -0.326 e. The second-order valence-corrected chi connectivity index (χ2v) is 5.10. The SMILES string of the molecule is CCC(N)C(N(CC)CC)C(C)(C)C. The molecule has 2 nitrogen and oxygen atoms in total. The molecular formula is C12H28N2. The van der Waals surface area contributed by atoms with Gasteiger partial charge in [-0.1, -0.05) is 41.5 Å². The first-order valence-corrected chi connectivity index (χ1v) is 5.88. The minimum absolute atomic E-state index is 0.265. The summed E-state index contributed by atoms with van der Waals surface area (Å²) in [7, 11) is 0. The fourth-order valence-corrected chi connectivity index (χ4v) is 2.30. The molecule has 0 aromatic heterocycles. The van der Waals surface area contributed by atoms with E-state index in [0.717, 1.165) is 19.5 Å². The molecule has 0 amide bonds. The molecule has 0 bridgehead atoms. The van der Waals surface area contributed by atoms with E-state index in [2.05, 4.69) is 46.4 Å². The van der Waals surface area contributed by atoms with Gasteiger partial charge in [0.15, 0.2) is 0 Å². The zero-order chi connectivity index (χ0) is 11.4. The van der Waals surface area contributed by atoms with Gasteiger partial charge in [-0.25, -0.2) is 0 Å². The Morgan fingerprint density at radius 1 is 1.07 bits per heavy atom. The lowest BCUT2D eigenvalue weighted by molar-refractivity contribution is 0.0857. The molecule has 0 spiro atoms. The third-order valence-electron chi connectivity index (χ3n) is 2.97. The molecule has 14 heavy (non-hydrogen) atoms. The van der Waals surface area contributed by atoms with Crippen LogP contribution in [0.4, 0.5) is 0 Å². The maximum Gasteiger partial charge on any atom is 0.0295 e. The summed E-state index contributed by atoms with van der Waals surface area (Å²) in [5, 5.41) is 0. The zero-order valence-corrected chi connectivity index (χ0v) is 10.8. The highest BCUT2D eigenvalue weighted by Crippen LogP contribution is 2.27. The molecule has 0 aliphatic heterocycles. The maximum absolute atomic E-state index is 6.21. The average Bonchev–Trinajstić information content (AvgIpc) is 2.10. The summed E-state index contributed by atoms with van der Waals surface area (Å²) in [6.07, 6.45) is 1.05. The summed E-state index contributed by atoms with van der Waals surface area (Å²) < 4.78 is 0. The summed E-state index contributed by atoms with van der Waals surface area (Å²) in [5.41, 5.74) is 6.48. The Labute approximate surface area is 89.9 Å². The Morgan fingerprint density at radius 2 is 1.50 bits per heavy atom. The van der Waals surface area contributed by atoms with E-state index in [4.69, 9.17) is 5.73 Å². The van der Waals surface area contributed by atoms with Crippen molar-refractivity contribution in [2.24, 2.45) is 11.1 Å². The van der Waals surface area contributed by atoms with Gasteiger partial charge in [-0.2, -0.15) is 0 Å². The van der Waals surface area contributed by atoms with Gasteiger partial charge < -0.3 is 5.73 Å². The molecule has 0 radical (unpaired) electrons. The second-order valence-electron chi connectivity index (χ2n) is 5.10. The number of nitrogens with two attached hydrogens (primary N) is 1. The first-order chi connectivity index (χ1) is 6.38. The van der Waals surface area contributed by atoms with Crippen molar-refractivity contribution in [3.63, 3.8) is 0 Å². The van der Waals surface area contributed by atoms with E-state index in [1.54, 1.807) is 0 Å². The predicted molar refractivity (Wildman–Crippen MR) is 64.4 cm³/mol. The van der Waals surface area contributed by atoms with Crippen LogP contribution in [0.5, 0.6) is 0 Å². The monoisotopic (exact) mass is 200 g/mol.